The van der Waals surface area contributed by atoms with Gasteiger partial charge in [0.25, 0.3) is 0 Å². The van der Waals surface area contributed by atoms with Gasteiger partial charge in [-0.2, -0.15) is 0 Å². The van der Waals surface area contributed by atoms with Crippen molar-refractivity contribution in [2.45, 2.75) is 83.5 Å². The van der Waals surface area contributed by atoms with E-state index in [1.807, 2.05) is 0 Å². The standard InChI is InChI=1S/C19H32O3/c1-18-8-7-12(20)9-11(18)3-4-13-14-5-6-16(22)19(14,2)10-15(21)17(13)18/h11-17,20-22H,3-10H2,1-2H3/t11-,12+,13-,14-,15+,16-,17+,18-,19-/m0/s1. The van der Waals surface area contributed by atoms with Gasteiger partial charge in [-0.05, 0) is 85.9 Å². The van der Waals surface area contributed by atoms with Gasteiger partial charge in [0.15, 0.2) is 0 Å². The molecule has 0 amide bonds. The first-order valence-electron chi connectivity index (χ1n) is 9.40. The van der Waals surface area contributed by atoms with Crippen molar-refractivity contribution >= 4 is 0 Å². The lowest BCUT2D eigenvalue weighted by molar-refractivity contribution is -0.183. The smallest absolute Gasteiger partial charge is 0.0597 e. The summed E-state index contributed by atoms with van der Waals surface area (Å²) in [5.74, 6) is 2.10. The molecule has 0 heterocycles. The Morgan fingerprint density at radius 1 is 0.864 bits per heavy atom. The quantitative estimate of drug-likeness (QED) is 0.645. The monoisotopic (exact) mass is 308 g/mol. The van der Waals surface area contributed by atoms with Crippen LogP contribution in [0.1, 0.15) is 65.2 Å². The minimum Gasteiger partial charge on any atom is -0.393 e. The van der Waals surface area contributed by atoms with Crippen molar-refractivity contribution in [1.29, 1.82) is 0 Å². The predicted octanol–water partition coefficient (Wildman–Crippen LogP) is 2.72. The molecule has 0 radical (unpaired) electrons. The molecule has 0 unspecified atom stereocenters. The van der Waals surface area contributed by atoms with E-state index >= 15 is 0 Å². The lowest BCUT2D eigenvalue weighted by Crippen LogP contribution is -2.59. The molecule has 22 heavy (non-hydrogen) atoms. The van der Waals surface area contributed by atoms with E-state index in [1.165, 1.54) is 12.8 Å². The second-order valence-corrected chi connectivity index (χ2v) is 9.37. The van der Waals surface area contributed by atoms with E-state index in [-0.39, 0.29) is 29.1 Å². The van der Waals surface area contributed by atoms with Crippen LogP contribution in [0.15, 0.2) is 0 Å². The second-order valence-electron chi connectivity index (χ2n) is 9.37. The number of hydrogen-bond acceptors (Lipinski definition) is 3. The van der Waals surface area contributed by atoms with E-state index in [0.29, 0.717) is 23.7 Å². The molecule has 3 heteroatoms. The summed E-state index contributed by atoms with van der Waals surface area (Å²) in [5, 5.41) is 31.6. The van der Waals surface area contributed by atoms with E-state index in [4.69, 9.17) is 0 Å². The predicted molar refractivity (Wildman–Crippen MR) is 85.1 cm³/mol. The molecule has 3 N–H and O–H groups in total. The summed E-state index contributed by atoms with van der Waals surface area (Å²) >= 11 is 0. The maximum atomic E-state index is 11.0. The van der Waals surface area contributed by atoms with Crippen molar-refractivity contribution in [1.82, 2.24) is 0 Å². The number of fused-ring (bicyclic) bond motifs is 5. The lowest BCUT2D eigenvalue weighted by Gasteiger charge is -2.62. The van der Waals surface area contributed by atoms with Crippen LogP contribution in [0.5, 0.6) is 0 Å². The number of rotatable bonds is 0. The maximum Gasteiger partial charge on any atom is 0.0597 e. The van der Waals surface area contributed by atoms with Gasteiger partial charge in [-0.3, -0.25) is 0 Å². The number of aliphatic hydroxyl groups is 3. The fourth-order valence-electron chi connectivity index (χ4n) is 7.33. The highest BCUT2D eigenvalue weighted by molar-refractivity contribution is 5.12. The Balaban J connectivity index is 1.68. The van der Waals surface area contributed by atoms with Gasteiger partial charge >= 0.3 is 0 Å². The van der Waals surface area contributed by atoms with Gasteiger partial charge in [0.1, 0.15) is 0 Å². The summed E-state index contributed by atoms with van der Waals surface area (Å²) in [6, 6.07) is 0. The summed E-state index contributed by atoms with van der Waals surface area (Å²) in [6.45, 7) is 4.60. The average Bonchev–Trinajstić information content (AvgIpc) is 2.75. The zero-order chi connectivity index (χ0) is 15.7. The summed E-state index contributed by atoms with van der Waals surface area (Å²) in [7, 11) is 0. The Morgan fingerprint density at radius 2 is 1.64 bits per heavy atom. The molecular formula is C19H32O3. The molecule has 0 saturated heterocycles. The van der Waals surface area contributed by atoms with Gasteiger partial charge in [0, 0.05) is 0 Å². The fraction of sp³-hybridized carbons (Fsp3) is 1.00. The van der Waals surface area contributed by atoms with Gasteiger partial charge in [-0.25, -0.2) is 0 Å². The molecule has 0 aromatic rings. The van der Waals surface area contributed by atoms with Crippen LogP contribution in [0.3, 0.4) is 0 Å². The van der Waals surface area contributed by atoms with E-state index in [1.54, 1.807) is 0 Å². The first kappa shape index (κ1) is 15.4. The molecule has 4 aliphatic rings. The topological polar surface area (TPSA) is 60.7 Å². The molecular weight excluding hydrogens is 276 g/mol. The van der Waals surface area contributed by atoms with Crippen LogP contribution in [0, 0.1) is 34.5 Å². The third kappa shape index (κ3) is 1.91. The highest BCUT2D eigenvalue weighted by Crippen LogP contribution is 2.66. The van der Waals surface area contributed by atoms with Crippen molar-refractivity contribution in [3.8, 4) is 0 Å². The van der Waals surface area contributed by atoms with Crippen LogP contribution >= 0.6 is 0 Å². The van der Waals surface area contributed by atoms with E-state index in [9.17, 15) is 15.3 Å². The zero-order valence-corrected chi connectivity index (χ0v) is 14.0. The van der Waals surface area contributed by atoms with Crippen molar-refractivity contribution < 1.29 is 15.3 Å². The molecule has 0 aliphatic heterocycles. The Kier molecular flexibility index (Phi) is 3.46. The Morgan fingerprint density at radius 3 is 2.41 bits per heavy atom. The van der Waals surface area contributed by atoms with Crippen LogP contribution in [-0.4, -0.2) is 33.6 Å². The molecule has 4 aliphatic carbocycles. The second kappa shape index (κ2) is 4.94. The minimum atomic E-state index is -0.276. The van der Waals surface area contributed by atoms with Gasteiger partial charge in [0.05, 0.1) is 18.3 Å². The Labute approximate surface area is 134 Å². The summed E-state index contributed by atoms with van der Waals surface area (Å²) < 4.78 is 0. The Hall–Kier alpha value is -0.120. The molecule has 4 rings (SSSR count). The first-order valence-corrected chi connectivity index (χ1v) is 9.40. The third-order valence-electron chi connectivity index (χ3n) is 8.52. The van der Waals surface area contributed by atoms with Gasteiger partial charge in [-0.15, -0.1) is 0 Å². The Bertz CT molecular complexity index is 452. The summed E-state index contributed by atoms with van der Waals surface area (Å²) in [5.41, 5.74) is 0.119. The molecule has 4 saturated carbocycles. The zero-order valence-electron chi connectivity index (χ0n) is 14.0. The molecule has 3 nitrogen and oxygen atoms in total. The van der Waals surface area contributed by atoms with E-state index in [0.717, 1.165) is 38.5 Å². The van der Waals surface area contributed by atoms with E-state index in [2.05, 4.69) is 13.8 Å². The number of hydrogen-bond donors (Lipinski definition) is 3. The van der Waals surface area contributed by atoms with E-state index < -0.39 is 0 Å². The van der Waals surface area contributed by atoms with Crippen LogP contribution in [0.4, 0.5) is 0 Å². The molecule has 0 bridgehead atoms. The van der Waals surface area contributed by atoms with Gasteiger partial charge < -0.3 is 15.3 Å². The highest BCUT2D eigenvalue weighted by atomic mass is 16.3. The van der Waals surface area contributed by atoms with Crippen LogP contribution in [0.2, 0.25) is 0 Å². The van der Waals surface area contributed by atoms with Gasteiger partial charge in [-0.1, -0.05) is 13.8 Å². The fourth-order valence-corrected chi connectivity index (χ4v) is 7.33. The normalized spacial score (nSPS) is 61.2. The van der Waals surface area contributed by atoms with Gasteiger partial charge in [0.2, 0.25) is 0 Å². The van der Waals surface area contributed by atoms with Crippen molar-refractivity contribution in [2.75, 3.05) is 0 Å². The molecule has 0 aromatic carbocycles. The van der Waals surface area contributed by atoms with Crippen molar-refractivity contribution in [3.63, 3.8) is 0 Å². The molecule has 9 atom stereocenters. The summed E-state index contributed by atoms with van der Waals surface area (Å²) in [6.07, 6.45) is 7.44. The minimum absolute atomic E-state index is 0.0715. The third-order valence-corrected chi connectivity index (χ3v) is 8.52. The highest BCUT2D eigenvalue weighted by Gasteiger charge is 2.62. The maximum absolute atomic E-state index is 11.0. The average molecular weight is 308 g/mol. The SMILES string of the molecule is C[C@]12CC[C@@H](O)C[C@@H]1CC[C@@H]1[C@@H]2[C@H](O)C[C@]2(C)[C@@H](O)CC[C@@H]12. The largest absolute Gasteiger partial charge is 0.393 e. The summed E-state index contributed by atoms with van der Waals surface area (Å²) in [4.78, 5) is 0. The molecule has 4 fully saturated rings. The number of aliphatic hydroxyl groups excluding tert-OH is 3. The van der Waals surface area contributed by atoms with Crippen LogP contribution < -0.4 is 0 Å². The van der Waals surface area contributed by atoms with Crippen molar-refractivity contribution in [3.05, 3.63) is 0 Å². The lowest BCUT2D eigenvalue weighted by atomic mass is 9.44. The molecule has 0 spiro atoms. The van der Waals surface area contributed by atoms with Crippen LogP contribution in [-0.2, 0) is 0 Å². The van der Waals surface area contributed by atoms with Crippen LogP contribution in [0.25, 0.3) is 0 Å². The molecule has 0 aromatic heterocycles. The first-order chi connectivity index (χ1) is 10.4. The molecule has 126 valence electrons. The van der Waals surface area contributed by atoms with Crippen molar-refractivity contribution in [2.24, 2.45) is 34.5 Å².